The van der Waals surface area contributed by atoms with Crippen molar-refractivity contribution in [1.82, 2.24) is 4.90 Å². The number of nitrogens with zero attached hydrogens (tertiary/aromatic N) is 1. The molecule has 0 spiro atoms. The van der Waals surface area contributed by atoms with Crippen LogP contribution < -0.4 is 0 Å². The van der Waals surface area contributed by atoms with Gasteiger partial charge in [0, 0.05) is 6.42 Å². The van der Waals surface area contributed by atoms with Crippen LogP contribution in [0.15, 0.2) is 18.2 Å². The van der Waals surface area contributed by atoms with Gasteiger partial charge >= 0.3 is 0 Å². The summed E-state index contributed by atoms with van der Waals surface area (Å²) in [6.45, 7) is 9.94. The largest absolute Gasteiger partial charge is 0.297 e. The summed E-state index contributed by atoms with van der Waals surface area (Å²) < 4.78 is 0. The number of halogens is 2. The minimum Gasteiger partial charge on any atom is -0.297 e. The summed E-state index contributed by atoms with van der Waals surface area (Å²) in [6, 6.07) is 5.43. The van der Waals surface area contributed by atoms with Crippen molar-refractivity contribution in [2.24, 2.45) is 0 Å². The first kappa shape index (κ1) is 17.5. The molecular formula is C16H23Cl2NO. The van der Waals surface area contributed by atoms with E-state index >= 15 is 0 Å². The van der Waals surface area contributed by atoms with E-state index in [1.165, 1.54) is 0 Å². The van der Waals surface area contributed by atoms with Crippen LogP contribution in [0, 0.1) is 0 Å². The summed E-state index contributed by atoms with van der Waals surface area (Å²) in [5.74, 6) is 0.188. The zero-order valence-electron chi connectivity index (χ0n) is 12.7. The maximum absolute atomic E-state index is 12.7. The second-order valence-electron chi connectivity index (χ2n) is 5.11. The lowest BCUT2D eigenvalue weighted by atomic mass is 9.87. The third kappa shape index (κ3) is 3.55. The number of rotatable bonds is 7. The van der Waals surface area contributed by atoms with E-state index in [0.717, 1.165) is 25.1 Å². The van der Waals surface area contributed by atoms with Crippen LogP contribution in [0.4, 0.5) is 0 Å². The van der Waals surface area contributed by atoms with Crippen LogP contribution >= 0.6 is 23.2 Å². The molecule has 0 amide bonds. The number of hydrogen-bond donors (Lipinski definition) is 0. The monoisotopic (exact) mass is 315 g/mol. The first-order valence-corrected chi connectivity index (χ1v) is 7.87. The molecule has 1 rings (SSSR count). The topological polar surface area (TPSA) is 20.3 Å². The normalized spacial score (nSPS) is 14.3. The van der Waals surface area contributed by atoms with Crippen LogP contribution in [0.1, 0.15) is 39.7 Å². The minimum absolute atomic E-state index is 0.188. The average Bonchev–Trinajstić information content (AvgIpc) is 2.44. The Morgan fingerprint density at radius 2 is 1.80 bits per heavy atom. The lowest BCUT2D eigenvalue weighted by Crippen LogP contribution is -2.52. The zero-order chi connectivity index (χ0) is 15.3. The van der Waals surface area contributed by atoms with Gasteiger partial charge in [0.2, 0.25) is 0 Å². The predicted molar refractivity (Wildman–Crippen MR) is 86.8 cm³/mol. The molecule has 1 atom stereocenters. The van der Waals surface area contributed by atoms with Gasteiger partial charge in [0.05, 0.1) is 15.6 Å². The number of likely N-dealkylation sites (N-methyl/N-ethyl adjacent to an activating group) is 1. The number of carbonyl (C=O) groups is 1. The molecule has 20 heavy (non-hydrogen) atoms. The van der Waals surface area contributed by atoms with Gasteiger partial charge in [-0.25, -0.2) is 0 Å². The molecular weight excluding hydrogens is 293 g/mol. The van der Waals surface area contributed by atoms with E-state index in [9.17, 15) is 4.79 Å². The van der Waals surface area contributed by atoms with Gasteiger partial charge in [-0.15, -0.1) is 0 Å². The molecule has 0 saturated carbocycles. The van der Waals surface area contributed by atoms with E-state index in [1.807, 2.05) is 19.1 Å². The maximum Gasteiger partial charge on any atom is 0.157 e. The van der Waals surface area contributed by atoms with Gasteiger partial charge < -0.3 is 0 Å². The van der Waals surface area contributed by atoms with Crippen molar-refractivity contribution in [2.45, 2.75) is 46.1 Å². The quantitative estimate of drug-likeness (QED) is 0.732. The van der Waals surface area contributed by atoms with Crippen molar-refractivity contribution in [3.63, 3.8) is 0 Å². The summed E-state index contributed by atoms with van der Waals surface area (Å²) in [6.07, 6.45) is 1.10. The van der Waals surface area contributed by atoms with Gasteiger partial charge in [0.25, 0.3) is 0 Å². The van der Waals surface area contributed by atoms with E-state index in [4.69, 9.17) is 23.2 Å². The molecule has 0 radical (unpaired) electrons. The molecule has 4 heteroatoms. The molecule has 0 aliphatic rings. The molecule has 1 aromatic carbocycles. The number of carbonyl (C=O) groups excluding carboxylic acids is 1. The Morgan fingerprint density at radius 1 is 1.20 bits per heavy atom. The smallest absolute Gasteiger partial charge is 0.157 e. The fourth-order valence-corrected chi connectivity index (χ4v) is 2.95. The molecule has 0 aliphatic heterocycles. The van der Waals surface area contributed by atoms with Gasteiger partial charge in [-0.2, -0.15) is 0 Å². The second kappa shape index (κ2) is 7.44. The molecule has 0 aromatic heterocycles. The summed E-state index contributed by atoms with van der Waals surface area (Å²) >= 11 is 12.2. The molecule has 1 unspecified atom stereocenters. The van der Waals surface area contributed by atoms with Crippen molar-refractivity contribution in [2.75, 3.05) is 13.1 Å². The van der Waals surface area contributed by atoms with Gasteiger partial charge in [0.15, 0.2) is 5.78 Å². The molecule has 0 bridgehead atoms. The van der Waals surface area contributed by atoms with Crippen LogP contribution in [-0.4, -0.2) is 29.3 Å². The maximum atomic E-state index is 12.7. The summed E-state index contributed by atoms with van der Waals surface area (Å²) in [7, 11) is 0. The van der Waals surface area contributed by atoms with Gasteiger partial charge in [0.1, 0.15) is 0 Å². The Labute approximate surface area is 132 Å². The van der Waals surface area contributed by atoms with E-state index in [1.54, 1.807) is 6.07 Å². The van der Waals surface area contributed by atoms with Crippen molar-refractivity contribution < 1.29 is 4.79 Å². The highest BCUT2D eigenvalue weighted by Gasteiger charge is 2.35. The van der Waals surface area contributed by atoms with E-state index in [-0.39, 0.29) is 5.78 Å². The highest BCUT2D eigenvalue weighted by molar-refractivity contribution is 6.42. The lowest BCUT2D eigenvalue weighted by molar-refractivity contribution is -0.129. The van der Waals surface area contributed by atoms with Crippen LogP contribution in [-0.2, 0) is 11.2 Å². The van der Waals surface area contributed by atoms with Gasteiger partial charge in [-0.1, -0.05) is 56.1 Å². The number of ketones is 1. The molecule has 1 aromatic rings. The molecule has 0 fully saturated rings. The third-order valence-electron chi connectivity index (χ3n) is 4.13. The van der Waals surface area contributed by atoms with Crippen LogP contribution in [0.5, 0.6) is 0 Å². The standard InChI is InChI=1S/C16H23Cl2NO/c1-5-16(4,19(6-2)7-3)14(20)11-12-9-8-10-13(17)15(12)18/h8-10H,5-7,11H2,1-4H3. The van der Waals surface area contributed by atoms with Gasteiger partial charge in [-0.05, 0) is 38.1 Å². The molecule has 112 valence electrons. The highest BCUT2D eigenvalue weighted by atomic mass is 35.5. The predicted octanol–water partition coefficient (Wildman–Crippen LogP) is 4.62. The van der Waals surface area contributed by atoms with Crippen LogP contribution in [0.2, 0.25) is 10.0 Å². The Balaban J connectivity index is 3.01. The van der Waals surface area contributed by atoms with Crippen molar-refractivity contribution in [3.05, 3.63) is 33.8 Å². The van der Waals surface area contributed by atoms with E-state index in [2.05, 4.69) is 25.7 Å². The Bertz CT molecular complexity index is 472. The van der Waals surface area contributed by atoms with Crippen molar-refractivity contribution >= 4 is 29.0 Å². The SMILES string of the molecule is CCN(CC)C(C)(CC)C(=O)Cc1cccc(Cl)c1Cl. The lowest BCUT2D eigenvalue weighted by Gasteiger charge is -2.38. The minimum atomic E-state index is -0.449. The second-order valence-corrected chi connectivity index (χ2v) is 5.90. The summed E-state index contributed by atoms with van der Waals surface area (Å²) in [5, 5.41) is 0.985. The fourth-order valence-electron chi connectivity index (χ4n) is 2.57. The van der Waals surface area contributed by atoms with Crippen LogP contribution in [0.3, 0.4) is 0 Å². The molecule has 0 aliphatic carbocycles. The number of benzene rings is 1. The molecule has 0 saturated heterocycles. The van der Waals surface area contributed by atoms with Crippen molar-refractivity contribution in [3.8, 4) is 0 Å². The summed E-state index contributed by atoms with van der Waals surface area (Å²) in [5.41, 5.74) is 0.353. The Morgan fingerprint density at radius 3 is 2.30 bits per heavy atom. The van der Waals surface area contributed by atoms with E-state index < -0.39 is 5.54 Å². The Hall–Kier alpha value is -0.570. The average molecular weight is 316 g/mol. The first-order valence-electron chi connectivity index (χ1n) is 7.11. The molecule has 0 N–H and O–H groups in total. The molecule has 0 heterocycles. The number of Topliss-reactive ketones (excluding diaryl/α,β-unsaturated/α-hetero) is 1. The van der Waals surface area contributed by atoms with Gasteiger partial charge in [-0.3, -0.25) is 9.69 Å². The summed E-state index contributed by atoms with van der Waals surface area (Å²) in [4.78, 5) is 14.9. The first-order chi connectivity index (χ1) is 9.40. The van der Waals surface area contributed by atoms with Crippen LogP contribution in [0.25, 0.3) is 0 Å². The van der Waals surface area contributed by atoms with E-state index in [0.29, 0.717) is 16.5 Å². The van der Waals surface area contributed by atoms with Crippen molar-refractivity contribution in [1.29, 1.82) is 0 Å². The third-order valence-corrected chi connectivity index (χ3v) is 4.99. The number of hydrogen-bond acceptors (Lipinski definition) is 2. The Kier molecular flexibility index (Phi) is 6.50. The molecule has 2 nitrogen and oxygen atoms in total. The zero-order valence-corrected chi connectivity index (χ0v) is 14.2. The highest BCUT2D eigenvalue weighted by Crippen LogP contribution is 2.29. The fraction of sp³-hybridized carbons (Fsp3) is 0.562.